The van der Waals surface area contributed by atoms with Gasteiger partial charge in [-0.3, -0.25) is 14.9 Å². The number of rotatable bonds is 21. The minimum Gasteiger partial charge on any atom is -0.506 e. The molecule has 0 unspecified atom stereocenters. The van der Waals surface area contributed by atoms with E-state index in [9.17, 15) is 20.0 Å². The summed E-state index contributed by atoms with van der Waals surface area (Å²) in [6.07, 6.45) is 18.6. The predicted octanol–water partition coefficient (Wildman–Crippen LogP) is 9.29. The summed E-state index contributed by atoms with van der Waals surface area (Å²) in [6, 6.07) is 15.3. The topological polar surface area (TPSA) is 102 Å². The molecule has 3 rings (SSSR count). The lowest BCUT2D eigenvalue weighted by molar-refractivity contribution is -0.384. The minimum absolute atomic E-state index is 0.0493. The number of unbranched alkanes of at least 4 members (excludes halogenated alkanes) is 13. The van der Waals surface area contributed by atoms with Gasteiger partial charge in [0.2, 0.25) is 0 Å². The summed E-state index contributed by atoms with van der Waals surface area (Å²) in [6.45, 7) is 3.16. The number of benzene rings is 3. The van der Waals surface area contributed by atoms with Crippen molar-refractivity contribution in [3.8, 4) is 11.5 Å². The van der Waals surface area contributed by atoms with Gasteiger partial charge < -0.3 is 15.2 Å². The van der Waals surface area contributed by atoms with Crippen molar-refractivity contribution in [3.63, 3.8) is 0 Å². The predicted molar refractivity (Wildman–Crippen MR) is 171 cm³/mol. The summed E-state index contributed by atoms with van der Waals surface area (Å²) in [7, 11) is 0. The van der Waals surface area contributed by atoms with Gasteiger partial charge in [0.1, 0.15) is 11.5 Å². The standard InChI is InChI=1S/C35H48N2O5/c1-2-3-4-5-6-7-8-9-10-11-12-13-14-17-25-36-35(39)32-27-33(30-18-15-16-19-31(30)34(32)38)42-26-24-28-20-22-29(23-21-28)37(40)41/h15-16,18-23,27,38H,2-14,17,24-26H2,1H3,(H,36,39). The molecule has 0 saturated carbocycles. The molecule has 3 aromatic carbocycles. The number of hydrogen-bond donors (Lipinski definition) is 2. The molecule has 7 nitrogen and oxygen atoms in total. The molecule has 1 amide bonds. The fraction of sp³-hybridized carbons (Fsp3) is 0.514. The van der Waals surface area contributed by atoms with E-state index in [4.69, 9.17) is 4.74 Å². The van der Waals surface area contributed by atoms with Crippen molar-refractivity contribution in [2.45, 2.75) is 103 Å². The normalized spacial score (nSPS) is 11.1. The number of fused-ring (bicyclic) bond motifs is 1. The number of phenolic OH excluding ortho intramolecular Hbond substituents is 1. The van der Waals surface area contributed by atoms with Gasteiger partial charge in [-0.2, -0.15) is 0 Å². The molecular weight excluding hydrogens is 528 g/mol. The van der Waals surface area contributed by atoms with E-state index < -0.39 is 4.92 Å². The average Bonchev–Trinajstić information content (AvgIpc) is 3.00. The van der Waals surface area contributed by atoms with Crippen LogP contribution in [0.15, 0.2) is 54.6 Å². The molecule has 0 spiro atoms. The molecule has 2 N–H and O–H groups in total. The molecule has 3 aromatic rings. The van der Waals surface area contributed by atoms with E-state index in [0.717, 1.165) is 23.8 Å². The number of ether oxygens (including phenoxy) is 1. The van der Waals surface area contributed by atoms with Gasteiger partial charge in [0.15, 0.2) is 0 Å². The summed E-state index contributed by atoms with van der Waals surface area (Å²) in [5.74, 6) is 0.159. The first-order chi connectivity index (χ1) is 20.5. The Morgan fingerprint density at radius 1 is 0.810 bits per heavy atom. The molecule has 0 atom stereocenters. The van der Waals surface area contributed by atoms with E-state index in [2.05, 4.69) is 12.2 Å². The van der Waals surface area contributed by atoms with Crippen LogP contribution in [-0.2, 0) is 6.42 Å². The molecule has 0 heterocycles. The Bertz CT molecular complexity index is 1240. The SMILES string of the molecule is CCCCCCCCCCCCCCCCNC(=O)c1cc(OCCc2ccc([N+](=O)[O-])cc2)c2ccccc2c1O. The second kappa shape index (κ2) is 18.7. The zero-order chi connectivity index (χ0) is 30.0. The highest BCUT2D eigenvalue weighted by Gasteiger charge is 2.18. The van der Waals surface area contributed by atoms with E-state index >= 15 is 0 Å². The minimum atomic E-state index is -0.422. The zero-order valence-corrected chi connectivity index (χ0v) is 25.2. The van der Waals surface area contributed by atoms with Crippen LogP contribution < -0.4 is 10.1 Å². The van der Waals surface area contributed by atoms with Crippen molar-refractivity contribution in [3.05, 3.63) is 75.8 Å². The van der Waals surface area contributed by atoms with Crippen LogP contribution in [0, 0.1) is 10.1 Å². The number of hydrogen-bond acceptors (Lipinski definition) is 5. The van der Waals surface area contributed by atoms with Gasteiger partial charge in [-0.15, -0.1) is 0 Å². The fourth-order valence-corrected chi connectivity index (χ4v) is 5.30. The van der Waals surface area contributed by atoms with Crippen LogP contribution in [0.2, 0.25) is 0 Å². The monoisotopic (exact) mass is 576 g/mol. The molecule has 0 aromatic heterocycles. The summed E-state index contributed by atoms with van der Waals surface area (Å²) in [5, 5.41) is 26.0. The van der Waals surface area contributed by atoms with E-state index in [1.54, 1.807) is 24.3 Å². The number of nitro benzene ring substituents is 1. The van der Waals surface area contributed by atoms with Crippen LogP contribution in [0.25, 0.3) is 10.8 Å². The van der Waals surface area contributed by atoms with E-state index in [1.807, 2.05) is 18.2 Å². The van der Waals surface area contributed by atoms with Gasteiger partial charge in [-0.25, -0.2) is 0 Å². The van der Waals surface area contributed by atoms with Crippen LogP contribution in [0.5, 0.6) is 11.5 Å². The van der Waals surface area contributed by atoms with Crippen molar-refractivity contribution in [2.24, 2.45) is 0 Å². The molecule has 42 heavy (non-hydrogen) atoms. The molecule has 0 aliphatic heterocycles. The lowest BCUT2D eigenvalue weighted by Crippen LogP contribution is -2.24. The smallest absolute Gasteiger partial charge is 0.269 e. The molecule has 0 bridgehead atoms. The van der Waals surface area contributed by atoms with Crippen LogP contribution in [0.3, 0.4) is 0 Å². The number of non-ortho nitro benzene ring substituents is 1. The maximum Gasteiger partial charge on any atom is 0.269 e. The van der Waals surface area contributed by atoms with E-state index in [0.29, 0.717) is 30.7 Å². The van der Waals surface area contributed by atoms with E-state index in [-0.39, 0.29) is 22.9 Å². The van der Waals surface area contributed by atoms with Crippen molar-refractivity contribution < 1.29 is 19.6 Å². The maximum atomic E-state index is 13.0. The van der Waals surface area contributed by atoms with Gasteiger partial charge in [0.25, 0.3) is 11.6 Å². The molecule has 0 aliphatic rings. The van der Waals surface area contributed by atoms with Gasteiger partial charge in [0.05, 0.1) is 17.1 Å². The molecule has 0 saturated heterocycles. The van der Waals surface area contributed by atoms with Crippen LogP contribution in [-0.4, -0.2) is 29.1 Å². The molecule has 7 heteroatoms. The molecular formula is C35H48N2O5. The molecule has 0 aliphatic carbocycles. The Balaban J connectivity index is 1.39. The number of carbonyl (C=O) groups excluding carboxylic acids is 1. The summed E-state index contributed by atoms with van der Waals surface area (Å²) >= 11 is 0. The number of nitro groups is 1. The van der Waals surface area contributed by atoms with Gasteiger partial charge in [-0.05, 0) is 18.1 Å². The van der Waals surface area contributed by atoms with Gasteiger partial charge >= 0.3 is 0 Å². The van der Waals surface area contributed by atoms with Crippen LogP contribution in [0.4, 0.5) is 5.69 Å². The lowest BCUT2D eigenvalue weighted by Gasteiger charge is -2.14. The summed E-state index contributed by atoms with van der Waals surface area (Å²) < 4.78 is 6.05. The fourth-order valence-electron chi connectivity index (χ4n) is 5.30. The zero-order valence-electron chi connectivity index (χ0n) is 25.2. The molecule has 228 valence electrons. The Hall–Kier alpha value is -3.61. The van der Waals surface area contributed by atoms with Crippen molar-refractivity contribution in [1.29, 1.82) is 0 Å². The third-order valence-corrected chi connectivity index (χ3v) is 7.83. The number of nitrogens with zero attached hydrogens (tertiary/aromatic N) is 1. The van der Waals surface area contributed by atoms with Crippen LogP contribution in [0.1, 0.15) is 113 Å². The highest BCUT2D eigenvalue weighted by Crippen LogP contribution is 2.36. The number of aromatic hydroxyl groups is 1. The summed E-state index contributed by atoms with van der Waals surface area (Å²) in [5.41, 5.74) is 1.16. The van der Waals surface area contributed by atoms with Crippen molar-refractivity contribution in [1.82, 2.24) is 5.32 Å². The quantitative estimate of drug-likeness (QED) is 0.0747. The second-order valence-corrected chi connectivity index (χ2v) is 11.2. The highest BCUT2D eigenvalue weighted by molar-refractivity contribution is 6.05. The average molecular weight is 577 g/mol. The van der Waals surface area contributed by atoms with Gasteiger partial charge in [-0.1, -0.05) is 127 Å². The van der Waals surface area contributed by atoms with E-state index in [1.165, 1.54) is 89.2 Å². The van der Waals surface area contributed by atoms with Crippen LogP contribution >= 0.6 is 0 Å². The number of amides is 1. The van der Waals surface area contributed by atoms with Crippen molar-refractivity contribution >= 4 is 22.4 Å². The Kier molecular flexibility index (Phi) is 14.7. The Morgan fingerprint density at radius 2 is 1.36 bits per heavy atom. The third-order valence-electron chi connectivity index (χ3n) is 7.83. The van der Waals surface area contributed by atoms with Gasteiger partial charge in [0, 0.05) is 35.9 Å². The van der Waals surface area contributed by atoms with Crippen molar-refractivity contribution in [2.75, 3.05) is 13.2 Å². The third kappa shape index (κ3) is 11.0. The maximum absolute atomic E-state index is 13.0. The first kappa shape index (κ1) is 32.9. The lowest BCUT2D eigenvalue weighted by atomic mass is 10.0. The molecule has 0 fully saturated rings. The Labute approximate surface area is 250 Å². The largest absolute Gasteiger partial charge is 0.506 e. The molecule has 0 radical (unpaired) electrons. The first-order valence-corrected chi connectivity index (χ1v) is 15.9. The second-order valence-electron chi connectivity index (χ2n) is 11.2. The summed E-state index contributed by atoms with van der Waals surface area (Å²) in [4.78, 5) is 23.5. The number of phenols is 1. The number of carbonyl (C=O) groups is 1. The first-order valence-electron chi connectivity index (χ1n) is 15.9. The number of nitrogens with one attached hydrogen (secondary N) is 1. The highest BCUT2D eigenvalue weighted by atomic mass is 16.6. The Morgan fingerprint density at radius 3 is 1.93 bits per heavy atom.